The van der Waals surface area contributed by atoms with Crippen molar-refractivity contribution in [1.29, 1.82) is 0 Å². The molecule has 0 radical (unpaired) electrons. The summed E-state index contributed by atoms with van der Waals surface area (Å²) in [6.07, 6.45) is 0.0759. The van der Waals surface area contributed by atoms with Gasteiger partial charge >= 0.3 is 5.97 Å². The number of ether oxygens (including phenoxy) is 2. The summed E-state index contributed by atoms with van der Waals surface area (Å²) >= 11 is 12.7. The molecule has 3 aromatic carbocycles. The third-order valence-electron chi connectivity index (χ3n) is 8.63. The highest BCUT2D eigenvalue weighted by atomic mass is 35.5. The summed E-state index contributed by atoms with van der Waals surface area (Å²) in [4.78, 5) is 42.3. The van der Waals surface area contributed by atoms with Crippen molar-refractivity contribution in [3.05, 3.63) is 87.2 Å². The van der Waals surface area contributed by atoms with E-state index in [1.54, 1.807) is 39.0 Å². The van der Waals surface area contributed by atoms with Gasteiger partial charge in [-0.1, -0.05) is 55.2 Å². The molecular weight excluding hydrogens is 627 g/mol. The number of rotatable bonds is 9. The third-order valence-corrected chi connectivity index (χ3v) is 9.16. The van der Waals surface area contributed by atoms with Crippen LogP contribution in [-0.2, 0) is 19.7 Å². The summed E-state index contributed by atoms with van der Waals surface area (Å²) in [6, 6.07) is 11.6. The molecule has 2 heterocycles. The molecule has 12 heteroatoms. The van der Waals surface area contributed by atoms with Crippen LogP contribution in [0.2, 0.25) is 10.0 Å². The van der Waals surface area contributed by atoms with Crippen LogP contribution in [0.3, 0.4) is 0 Å². The molecule has 5 rings (SSSR count). The van der Waals surface area contributed by atoms with Gasteiger partial charge in [0, 0.05) is 17.0 Å². The summed E-state index contributed by atoms with van der Waals surface area (Å²) in [6.45, 7) is 4.51. The molecule has 0 saturated carbocycles. The quantitative estimate of drug-likeness (QED) is 0.264. The zero-order valence-electron chi connectivity index (χ0n) is 25.1. The van der Waals surface area contributed by atoms with Crippen LogP contribution in [0.4, 0.5) is 20.2 Å². The smallest absolute Gasteiger partial charge is 0.338 e. The lowest BCUT2D eigenvalue weighted by Gasteiger charge is -2.38. The van der Waals surface area contributed by atoms with Gasteiger partial charge in [0.15, 0.2) is 0 Å². The van der Waals surface area contributed by atoms with Crippen LogP contribution in [0.1, 0.15) is 54.6 Å². The molecule has 2 aliphatic rings. The number of alkyl halides is 1. The minimum Gasteiger partial charge on any atom is -0.495 e. The number of carbonyl (C=O) groups excluding carboxylic acids is 3. The lowest BCUT2D eigenvalue weighted by Crippen LogP contribution is -2.51. The zero-order chi connectivity index (χ0) is 32.8. The van der Waals surface area contributed by atoms with Crippen LogP contribution >= 0.6 is 23.2 Å². The van der Waals surface area contributed by atoms with E-state index >= 15 is 9.18 Å². The van der Waals surface area contributed by atoms with Gasteiger partial charge in [0.1, 0.15) is 17.0 Å². The number of nitrogens with zero attached hydrogens (tertiary/aromatic N) is 1. The van der Waals surface area contributed by atoms with Crippen molar-refractivity contribution < 1.29 is 32.6 Å². The predicted octanol–water partition coefficient (Wildman–Crippen LogP) is 6.23. The van der Waals surface area contributed by atoms with E-state index in [9.17, 15) is 14.0 Å². The second-order valence-corrected chi connectivity index (χ2v) is 12.8. The molecule has 1 fully saturated rings. The Morgan fingerprint density at radius 3 is 2.49 bits per heavy atom. The van der Waals surface area contributed by atoms with Crippen molar-refractivity contribution in [3.8, 4) is 5.75 Å². The van der Waals surface area contributed by atoms with Crippen molar-refractivity contribution in [2.45, 2.75) is 50.6 Å². The SMILES string of the molecule is CCOC(=O)c1ccc(N2C(=O)[C@]3(c4ccc(Cl)cc42)[C@H](CC(C)(C)CF)N[C@@H](C(N)=O)[C@@H]3c2cccc(Cl)c2F)c(OC)c1. The molecule has 0 unspecified atom stereocenters. The van der Waals surface area contributed by atoms with E-state index < -0.39 is 59.1 Å². The van der Waals surface area contributed by atoms with Crippen LogP contribution < -0.4 is 20.7 Å². The number of fused-ring (bicyclic) bond motifs is 2. The maximum absolute atomic E-state index is 16.0. The highest BCUT2D eigenvalue weighted by molar-refractivity contribution is 6.31. The number of halogens is 4. The Morgan fingerprint density at radius 1 is 1.11 bits per heavy atom. The number of primary amides is 1. The van der Waals surface area contributed by atoms with Gasteiger partial charge in [0.25, 0.3) is 0 Å². The first kappa shape index (κ1) is 32.7. The van der Waals surface area contributed by atoms with Gasteiger partial charge in [0.05, 0.1) is 48.4 Å². The number of carbonyl (C=O) groups is 3. The van der Waals surface area contributed by atoms with Crippen molar-refractivity contribution in [2.75, 3.05) is 25.3 Å². The predicted molar refractivity (Wildman–Crippen MR) is 168 cm³/mol. The molecular formula is C33H33Cl2F2N3O5. The van der Waals surface area contributed by atoms with Gasteiger partial charge in [-0.15, -0.1) is 0 Å². The van der Waals surface area contributed by atoms with Crippen molar-refractivity contribution in [3.63, 3.8) is 0 Å². The summed E-state index contributed by atoms with van der Waals surface area (Å²) < 4.78 is 41.1. The number of nitrogens with one attached hydrogen (secondary N) is 1. The Kier molecular flexibility index (Phi) is 8.87. The fourth-order valence-corrected chi connectivity index (χ4v) is 7.06. The second kappa shape index (κ2) is 12.2. The molecule has 2 aliphatic heterocycles. The molecule has 3 N–H and O–H groups in total. The first-order chi connectivity index (χ1) is 21.3. The Morgan fingerprint density at radius 2 is 1.84 bits per heavy atom. The van der Waals surface area contributed by atoms with E-state index in [0.29, 0.717) is 16.3 Å². The number of anilines is 2. The van der Waals surface area contributed by atoms with Gasteiger partial charge in [-0.25, -0.2) is 9.18 Å². The average molecular weight is 661 g/mol. The van der Waals surface area contributed by atoms with E-state index in [4.69, 9.17) is 38.4 Å². The number of esters is 1. The number of benzene rings is 3. The van der Waals surface area contributed by atoms with E-state index in [2.05, 4.69) is 5.32 Å². The van der Waals surface area contributed by atoms with E-state index in [0.717, 1.165) is 0 Å². The fraction of sp³-hybridized carbons (Fsp3) is 0.364. The highest BCUT2D eigenvalue weighted by Gasteiger charge is 2.68. The topological polar surface area (TPSA) is 111 Å². The van der Waals surface area contributed by atoms with Crippen LogP contribution in [0.15, 0.2) is 54.6 Å². The molecule has 0 aliphatic carbocycles. The normalized spacial score (nSPS) is 22.5. The second-order valence-electron chi connectivity index (χ2n) is 12.0. The fourth-order valence-electron chi connectivity index (χ4n) is 6.71. The Bertz CT molecular complexity index is 1690. The van der Waals surface area contributed by atoms with Gasteiger partial charge in [0.2, 0.25) is 11.8 Å². The number of hydrogen-bond acceptors (Lipinski definition) is 6. The van der Waals surface area contributed by atoms with Crippen LogP contribution in [-0.4, -0.2) is 50.3 Å². The maximum Gasteiger partial charge on any atom is 0.338 e. The first-order valence-electron chi connectivity index (χ1n) is 14.4. The van der Waals surface area contributed by atoms with Crippen molar-refractivity contribution in [2.24, 2.45) is 11.1 Å². The van der Waals surface area contributed by atoms with Gasteiger partial charge in [-0.3, -0.25) is 18.9 Å². The Labute approximate surface area is 269 Å². The lowest BCUT2D eigenvalue weighted by atomic mass is 9.62. The summed E-state index contributed by atoms with van der Waals surface area (Å²) in [7, 11) is 1.39. The van der Waals surface area contributed by atoms with Crippen LogP contribution in [0, 0.1) is 11.2 Å². The molecule has 1 saturated heterocycles. The largest absolute Gasteiger partial charge is 0.495 e. The molecule has 4 atom stereocenters. The summed E-state index contributed by atoms with van der Waals surface area (Å²) in [5.41, 5.74) is 4.51. The van der Waals surface area contributed by atoms with E-state index in [1.807, 2.05) is 0 Å². The molecule has 2 amide bonds. The Hall–Kier alpha value is -3.73. The van der Waals surface area contributed by atoms with Crippen LogP contribution in [0.5, 0.6) is 5.75 Å². The van der Waals surface area contributed by atoms with Crippen LogP contribution in [0.25, 0.3) is 0 Å². The first-order valence-corrected chi connectivity index (χ1v) is 15.1. The molecule has 238 valence electrons. The maximum atomic E-state index is 16.0. The Balaban J connectivity index is 1.83. The molecule has 8 nitrogen and oxygen atoms in total. The minimum atomic E-state index is -1.69. The highest BCUT2D eigenvalue weighted by Crippen LogP contribution is 2.60. The van der Waals surface area contributed by atoms with Crippen molar-refractivity contribution in [1.82, 2.24) is 5.32 Å². The molecule has 3 aromatic rings. The van der Waals surface area contributed by atoms with Crippen molar-refractivity contribution >= 4 is 52.4 Å². The van der Waals surface area contributed by atoms with E-state index in [-0.39, 0.29) is 40.6 Å². The van der Waals surface area contributed by atoms with Gasteiger partial charge in [-0.05, 0) is 66.3 Å². The summed E-state index contributed by atoms with van der Waals surface area (Å²) in [5, 5.41) is 3.31. The molecule has 1 spiro atoms. The molecule has 0 aromatic heterocycles. The number of hydrogen-bond donors (Lipinski definition) is 2. The van der Waals surface area contributed by atoms with Gasteiger partial charge < -0.3 is 20.5 Å². The average Bonchev–Trinajstić information content (AvgIpc) is 3.46. The molecule has 0 bridgehead atoms. The monoisotopic (exact) mass is 659 g/mol. The van der Waals surface area contributed by atoms with E-state index in [1.165, 1.54) is 48.4 Å². The standard InChI is InChI=1S/C33H33Cl2F2N3O5/c1-5-45-30(42)17-9-12-22(24(13-17)44-4)40-23-14-18(34)10-11-20(23)33(31(40)43)25(15-32(2,3)16-36)39-28(29(38)41)26(33)19-7-6-8-21(35)27(19)37/h6-14,25-26,28,39H,5,15-16H2,1-4H3,(H2,38,41)/t25-,26-,28+,33+/m0/s1. The minimum absolute atomic E-state index is 0.0000728. The number of methoxy groups -OCH3 is 1. The third kappa shape index (κ3) is 5.32. The zero-order valence-corrected chi connectivity index (χ0v) is 26.6. The summed E-state index contributed by atoms with van der Waals surface area (Å²) in [5.74, 6) is -3.79. The molecule has 45 heavy (non-hydrogen) atoms. The lowest BCUT2D eigenvalue weighted by molar-refractivity contribution is -0.124. The number of amides is 2. The number of nitrogens with two attached hydrogens (primary N) is 1. The van der Waals surface area contributed by atoms with Gasteiger partial charge in [-0.2, -0.15) is 0 Å².